The first-order valence-corrected chi connectivity index (χ1v) is 9.16. The van der Waals surface area contributed by atoms with Crippen molar-refractivity contribution in [3.05, 3.63) is 88.4 Å². The van der Waals surface area contributed by atoms with Crippen LogP contribution >= 0.6 is 0 Å². The number of carbonyl (C=O) groups excluding carboxylic acids is 1. The molecule has 0 aliphatic heterocycles. The zero-order valence-corrected chi connectivity index (χ0v) is 16.3. The van der Waals surface area contributed by atoms with E-state index in [9.17, 15) is 9.59 Å². The highest BCUT2D eigenvalue weighted by atomic mass is 16.5. The van der Waals surface area contributed by atoms with Gasteiger partial charge in [0.15, 0.2) is 11.5 Å². The quantitative estimate of drug-likeness (QED) is 0.493. The molecule has 7 heteroatoms. The second-order valence-electron chi connectivity index (χ2n) is 6.58. The van der Waals surface area contributed by atoms with Crippen LogP contribution < -0.4 is 20.4 Å². The first kappa shape index (κ1) is 19.2. The van der Waals surface area contributed by atoms with Gasteiger partial charge in [0, 0.05) is 11.5 Å². The molecule has 30 heavy (non-hydrogen) atoms. The van der Waals surface area contributed by atoms with Gasteiger partial charge in [0.1, 0.15) is 11.1 Å². The molecule has 2 aromatic carbocycles. The molecule has 0 atom stereocenters. The van der Waals surface area contributed by atoms with E-state index < -0.39 is 11.5 Å². The molecule has 1 amide bonds. The number of benzene rings is 2. The van der Waals surface area contributed by atoms with E-state index in [4.69, 9.17) is 13.9 Å². The lowest BCUT2D eigenvalue weighted by atomic mass is 10.2. The van der Waals surface area contributed by atoms with E-state index in [2.05, 4.69) is 10.3 Å². The Morgan fingerprint density at radius 3 is 2.63 bits per heavy atom. The highest BCUT2D eigenvalue weighted by Crippen LogP contribution is 2.31. The van der Waals surface area contributed by atoms with Gasteiger partial charge in [-0.05, 0) is 42.8 Å². The molecule has 0 aliphatic rings. The minimum Gasteiger partial charge on any atom is -0.493 e. The minimum atomic E-state index is -0.703. The predicted molar refractivity (Wildman–Crippen MR) is 112 cm³/mol. The molecule has 0 bridgehead atoms. The summed E-state index contributed by atoms with van der Waals surface area (Å²) in [7, 11) is 1.57. The van der Waals surface area contributed by atoms with E-state index in [1.54, 1.807) is 49.6 Å². The smallest absolute Gasteiger partial charge is 0.349 e. The number of rotatable bonds is 5. The van der Waals surface area contributed by atoms with Crippen molar-refractivity contribution in [3.8, 4) is 17.4 Å². The Morgan fingerprint density at radius 1 is 1.03 bits per heavy atom. The van der Waals surface area contributed by atoms with Crippen molar-refractivity contribution in [2.24, 2.45) is 0 Å². The standard InChI is InChI=1S/C23H18N2O5/c1-14-7-9-19(20(11-14)28-2)29-21-10-8-16(13-24-21)25-22(26)17-12-15-5-3-4-6-18(15)30-23(17)27/h3-13H,1-2H3,(H,25,26). The lowest BCUT2D eigenvalue weighted by molar-refractivity contribution is 0.102. The van der Waals surface area contributed by atoms with Gasteiger partial charge in [-0.1, -0.05) is 24.3 Å². The summed E-state index contributed by atoms with van der Waals surface area (Å²) in [6, 6.07) is 17.3. The zero-order valence-electron chi connectivity index (χ0n) is 16.3. The number of hydrogen-bond acceptors (Lipinski definition) is 6. The third kappa shape index (κ3) is 4.00. The van der Waals surface area contributed by atoms with Crippen molar-refractivity contribution in [2.75, 3.05) is 12.4 Å². The molecule has 150 valence electrons. The molecule has 2 aromatic heterocycles. The van der Waals surface area contributed by atoms with Gasteiger partial charge in [0.05, 0.1) is 19.0 Å². The number of amides is 1. The van der Waals surface area contributed by atoms with Crippen LogP contribution in [0.15, 0.2) is 76.1 Å². The van der Waals surface area contributed by atoms with Crippen molar-refractivity contribution in [3.63, 3.8) is 0 Å². The highest BCUT2D eigenvalue weighted by Gasteiger charge is 2.14. The SMILES string of the molecule is COc1cc(C)ccc1Oc1ccc(NC(=O)c2cc3ccccc3oc2=O)cn1. The number of anilines is 1. The Balaban J connectivity index is 1.51. The maximum atomic E-state index is 12.5. The number of para-hydroxylation sites is 1. The summed E-state index contributed by atoms with van der Waals surface area (Å²) in [5, 5.41) is 3.31. The first-order valence-electron chi connectivity index (χ1n) is 9.16. The molecule has 2 heterocycles. The predicted octanol–water partition coefficient (Wildman–Crippen LogP) is 4.55. The van der Waals surface area contributed by atoms with Crippen molar-refractivity contribution in [1.82, 2.24) is 4.98 Å². The Labute approximate surface area is 171 Å². The largest absolute Gasteiger partial charge is 0.493 e. The normalized spacial score (nSPS) is 10.6. The highest BCUT2D eigenvalue weighted by molar-refractivity contribution is 6.05. The van der Waals surface area contributed by atoms with E-state index in [0.29, 0.717) is 34.0 Å². The molecule has 0 radical (unpaired) electrons. The molecule has 4 aromatic rings. The Hall–Kier alpha value is -4.13. The monoisotopic (exact) mass is 402 g/mol. The summed E-state index contributed by atoms with van der Waals surface area (Å²) >= 11 is 0. The fourth-order valence-electron chi connectivity index (χ4n) is 2.91. The summed E-state index contributed by atoms with van der Waals surface area (Å²) in [6.07, 6.45) is 1.44. The van der Waals surface area contributed by atoms with E-state index in [0.717, 1.165) is 5.56 Å². The van der Waals surface area contributed by atoms with Crippen LogP contribution in [0.1, 0.15) is 15.9 Å². The topological polar surface area (TPSA) is 90.7 Å². The fraction of sp³-hybridized carbons (Fsp3) is 0.0870. The molecule has 0 saturated carbocycles. The number of hydrogen-bond donors (Lipinski definition) is 1. The third-order valence-electron chi connectivity index (χ3n) is 4.41. The lowest BCUT2D eigenvalue weighted by Crippen LogP contribution is -2.20. The Bertz CT molecular complexity index is 1280. The van der Waals surface area contributed by atoms with Crippen LogP contribution in [0, 0.1) is 6.92 Å². The van der Waals surface area contributed by atoms with Crippen molar-refractivity contribution >= 4 is 22.6 Å². The van der Waals surface area contributed by atoms with Crippen molar-refractivity contribution in [2.45, 2.75) is 6.92 Å². The summed E-state index contributed by atoms with van der Waals surface area (Å²) in [5.41, 5.74) is 1.09. The van der Waals surface area contributed by atoms with E-state index in [1.165, 1.54) is 12.3 Å². The number of methoxy groups -OCH3 is 1. The summed E-state index contributed by atoms with van der Waals surface area (Å²) in [5.74, 6) is 0.879. The summed E-state index contributed by atoms with van der Waals surface area (Å²) in [6.45, 7) is 1.96. The van der Waals surface area contributed by atoms with Crippen LogP contribution in [0.3, 0.4) is 0 Å². The first-order chi connectivity index (χ1) is 14.5. The van der Waals surface area contributed by atoms with Crippen LogP contribution in [0.5, 0.6) is 17.4 Å². The number of pyridine rings is 1. The molecule has 4 rings (SSSR count). The second-order valence-corrected chi connectivity index (χ2v) is 6.58. The zero-order chi connectivity index (χ0) is 21.1. The molecular formula is C23H18N2O5. The maximum absolute atomic E-state index is 12.5. The van der Waals surface area contributed by atoms with Crippen molar-refractivity contribution < 1.29 is 18.7 Å². The molecule has 0 fully saturated rings. The lowest BCUT2D eigenvalue weighted by Gasteiger charge is -2.11. The van der Waals surface area contributed by atoms with E-state index in [1.807, 2.05) is 19.1 Å². The summed E-state index contributed by atoms with van der Waals surface area (Å²) < 4.78 is 16.3. The van der Waals surface area contributed by atoms with E-state index >= 15 is 0 Å². The Kier molecular flexibility index (Phi) is 5.17. The average Bonchev–Trinajstić information content (AvgIpc) is 2.75. The molecular weight excluding hydrogens is 384 g/mol. The maximum Gasteiger partial charge on any atom is 0.349 e. The number of aromatic nitrogens is 1. The van der Waals surface area contributed by atoms with Gasteiger partial charge in [-0.25, -0.2) is 9.78 Å². The van der Waals surface area contributed by atoms with Gasteiger partial charge in [0.2, 0.25) is 5.88 Å². The number of nitrogens with zero attached hydrogens (tertiary/aromatic N) is 1. The molecule has 0 unspecified atom stereocenters. The van der Waals surface area contributed by atoms with Gasteiger partial charge in [-0.2, -0.15) is 0 Å². The number of aryl methyl sites for hydroxylation is 1. The number of fused-ring (bicyclic) bond motifs is 1. The third-order valence-corrected chi connectivity index (χ3v) is 4.41. The number of ether oxygens (including phenoxy) is 2. The summed E-state index contributed by atoms with van der Waals surface area (Å²) in [4.78, 5) is 28.9. The van der Waals surface area contributed by atoms with Gasteiger partial charge in [-0.3, -0.25) is 4.79 Å². The van der Waals surface area contributed by atoms with Gasteiger partial charge in [-0.15, -0.1) is 0 Å². The number of nitrogens with one attached hydrogen (secondary N) is 1. The Morgan fingerprint density at radius 2 is 1.87 bits per heavy atom. The van der Waals surface area contributed by atoms with Crippen LogP contribution in [-0.2, 0) is 0 Å². The number of carbonyl (C=O) groups is 1. The van der Waals surface area contributed by atoms with Gasteiger partial charge >= 0.3 is 5.63 Å². The molecule has 1 N–H and O–H groups in total. The van der Waals surface area contributed by atoms with Gasteiger partial charge < -0.3 is 19.2 Å². The van der Waals surface area contributed by atoms with Crippen LogP contribution in [0.2, 0.25) is 0 Å². The average molecular weight is 402 g/mol. The fourth-order valence-corrected chi connectivity index (χ4v) is 2.91. The molecule has 0 spiro atoms. The van der Waals surface area contributed by atoms with E-state index in [-0.39, 0.29) is 5.56 Å². The van der Waals surface area contributed by atoms with Gasteiger partial charge in [0.25, 0.3) is 5.91 Å². The molecule has 0 aliphatic carbocycles. The molecule has 0 saturated heterocycles. The van der Waals surface area contributed by atoms with Crippen molar-refractivity contribution in [1.29, 1.82) is 0 Å². The van der Waals surface area contributed by atoms with Crippen LogP contribution in [-0.4, -0.2) is 18.0 Å². The molecule has 7 nitrogen and oxygen atoms in total. The van der Waals surface area contributed by atoms with Crippen LogP contribution in [0.25, 0.3) is 11.0 Å². The second kappa shape index (κ2) is 8.08. The minimum absolute atomic E-state index is 0.0848. The van der Waals surface area contributed by atoms with Crippen LogP contribution in [0.4, 0.5) is 5.69 Å².